The van der Waals surface area contributed by atoms with Gasteiger partial charge in [-0.05, 0) is 71.2 Å². The van der Waals surface area contributed by atoms with Gasteiger partial charge in [0.15, 0.2) is 5.44 Å². The molecule has 8 nitrogen and oxygen atoms in total. The number of nitrogens with zero attached hydrogens (tertiary/aromatic N) is 3. The van der Waals surface area contributed by atoms with Crippen LogP contribution in [0.25, 0.3) is 0 Å². The molecule has 0 bridgehead atoms. The van der Waals surface area contributed by atoms with Crippen LogP contribution in [0.2, 0.25) is 10.0 Å². The van der Waals surface area contributed by atoms with Crippen LogP contribution in [0.15, 0.2) is 23.1 Å². The second-order valence-electron chi connectivity index (χ2n) is 9.24. The van der Waals surface area contributed by atoms with E-state index in [1.165, 1.54) is 18.2 Å². The maximum absolute atomic E-state index is 13.5. The Morgan fingerprint density at radius 2 is 1.91 bits per heavy atom. The lowest BCUT2D eigenvalue weighted by molar-refractivity contribution is -0.139. The fourth-order valence-corrected chi connectivity index (χ4v) is 6.48. The Morgan fingerprint density at radius 1 is 1.18 bits per heavy atom. The monoisotopic (exact) mass is 534 g/mol. The molecule has 192 valence electrons. The molecular formula is C23H36Cl2N4O4S. The van der Waals surface area contributed by atoms with Crippen molar-refractivity contribution in [1.29, 1.82) is 0 Å². The molecule has 3 rings (SSSR count). The Kier molecular flexibility index (Phi) is 10.4. The van der Waals surface area contributed by atoms with Gasteiger partial charge in [-0.3, -0.25) is 9.69 Å². The lowest BCUT2D eigenvalue weighted by Crippen LogP contribution is -2.52. The van der Waals surface area contributed by atoms with Crippen LogP contribution in [0.5, 0.6) is 0 Å². The molecular weight excluding hydrogens is 499 g/mol. The van der Waals surface area contributed by atoms with E-state index in [2.05, 4.69) is 29.2 Å². The molecule has 2 heterocycles. The number of rotatable bonds is 10. The Hall–Kier alpha value is -0.940. The number of amides is 1. The summed E-state index contributed by atoms with van der Waals surface area (Å²) in [4.78, 5) is 19.2. The third-order valence-corrected chi connectivity index (χ3v) is 9.10. The van der Waals surface area contributed by atoms with Gasteiger partial charge < -0.3 is 19.9 Å². The van der Waals surface area contributed by atoms with Gasteiger partial charge in [-0.2, -0.15) is 0 Å². The number of halogens is 2. The minimum atomic E-state index is -3.90. The molecule has 0 radical (unpaired) electrons. The molecule has 0 aromatic heterocycles. The van der Waals surface area contributed by atoms with Crippen molar-refractivity contribution in [2.24, 2.45) is 0 Å². The summed E-state index contributed by atoms with van der Waals surface area (Å²) in [5, 5.41) is 3.71. The standard InChI is InChI=1S/C23H36Cl2N4O4S/c1-27(2)10-5-11-28-12-14-29(15-13-28)22(30)17-33-23(21-6-3-4-9-26-21)34(31,32)18-7-8-19(24)20(25)16-18/h7-8,16,21,23,26H,3-6,9-15,17H2,1-2H3. The summed E-state index contributed by atoms with van der Waals surface area (Å²) in [7, 11) is 0.225. The number of hydrogen-bond donors (Lipinski definition) is 1. The quantitative estimate of drug-likeness (QED) is 0.493. The van der Waals surface area contributed by atoms with E-state index in [0.717, 1.165) is 45.4 Å². The summed E-state index contributed by atoms with van der Waals surface area (Å²) in [6.07, 6.45) is 3.63. The maximum atomic E-state index is 13.5. The second kappa shape index (κ2) is 12.9. The third kappa shape index (κ3) is 7.53. The van der Waals surface area contributed by atoms with Gasteiger partial charge in [-0.15, -0.1) is 0 Å². The van der Waals surface area contributed by atoms with Crippen LogP contribution in [0.3, 0.4) is 0 Å². The first kappa shape index (κ1) is 27.6. The van der Waals surface area contributed by atoms with Crippen LogP contribution < -0.4 is 5.32 Å². The Balaban J connectivity index is 1.61. The van der Waals surface area contributed by atoms with Crippen LogP contribution in [0.1, 0.15) is 25.7 Å². The highest BCUT2D eigenvalue weighted by molar-refractivity contribution is 7.92. The van der Waals surface area contributed by atoms with Crippen molar-refractivity contribution >= 4 is 38.9 Å². The fraction of sp³-hybridized carbons (Fsp3) is 0.696. The van der Waals surface area contributed by atoms with Gasteiger partial charge in [-0.1, -0.05) is 29.6 Å². The van der Waals surface area contributed by atoms with Gasteiger partial charge in [0.05, 0.1) is 14.9 Å². The van der Waals surface area contributed by atoms with Gasteiger partial charge in [-0.25, -0.2) is 8.42 Å². The van der Waals surface area contributed by atoms with E-state index in [-0.39, 0.29) is 27.5 Å². The van der Waals surface area contributed by atoms with E-state index >= 15 is 0 Å². The van der Waals surface area contributed by atoms with Gasteiger partial charge in [0.25, 0.3) is 0 Å². The van der Waals surface area contributed by atoms with E-state index in [1.54, 1.807) is 4.90 Å². The van der Waals surface area contributed by atoms with Crippen molar-refractivity contribution in [3.63, 3.8) is 0 Å². The van der Waals surface area contributed by atoms with Crippen LogP contribution in [-0.4, -0.2) is 107 Å². The van der Waals surface area contributed by atoms with E-state index in [9.17, 15) is 13.2 Å². The minimum absolute atomic E-state index is 0.0399. The maximum Gasteiger partial charge on any atom is 0.248 e. The van der Waals surface area contributed by atoms with Crippen LogP contribution >= 0.6 is 23.2 Å². The Bertz CT molecular complexity index is 918. The third-order valence-electron chi connectivity index (χ3n) is 6.38. The SMILES string of the molecule is CN(C)CCCN1CCN(C(=O)COC(C2CCCCN2)S(=O)(=O)c2ccc(Cl)c(Cl)c2)CC1. The zero-order valence-electron chi connectivity index (χ0n) is 20.0. The predicted octanol–water partition coefficient (Wildman–Crippen LogP) is 2.35. The highest BCUT2D eigenvalue weighted by Gasteiger charge is 2.37. The summed E-state index contributed by atoms with van der Waals surface area (Å²) in [6.45, 7) is 5.36. The molecule has 0 aliphatic carbocycles. The molecule has 1 aromatic rings. The number of ether oxygens (including phenoxy) is 1. The first-order valence-electron chi connectivity index (χ1n) is 11.9. The molecule has 0 spiro atoms. The highest BCUT2D eigenvalue weighted by Crippen LogP contribution is 2.29. The summed E-state index contributed by atoms with van der Waals surface area (Å²) in [5.41, 5.74) is -1.18. The van der Waals surface area contributed by atoms with Gasteiger partial charge >= 0.3 is 0 Å². The highest BCUT2D eigenvalue weighted by atomic mass is 35.5. The average Bonchev–Trinajstić information content (AvgIpc) is 2.81. The van der Waals surface area contributed by atoms with E-state index in [4.69, 9.17) is 27.9 Å². The van der Waals surface area contributed by atoms with Crippen LogP contribution in [0, 0.1) is 0 Å². The van der Waals surface area contributed by atoms with Crippen molar-refractivity contribution in [3.05, 3.63) is 28.2 Å². The van der Waals surface area contributed by atoms with E-state index in [1.807, 2.05) is 0 Å². The molecule has 0 saturated carbocycles. The first-order chi connectivity index (χ1) is 16.2. The van der Waals surface area contributed by atoms with Gasteiger partial charge in [0, 0.05) is 32.2 Å². The number of benzene rings is 1. The lowest BCUT2D eigenvalue weighted by Gasteiger charge is -2.35. The van der Waals surface area contributed by atoms with Crippen LogP contribution in [0.4, 0.5) is 0 Å². The number of hydrogen-bond acceptors (Lipinski definition) is 7. The molecule has 2 aliphatic heterocycles. The van der Waals surface area contributed by atoms with E-state index in [0.29, 0.717) is 26.1 Å². The smallest absolute Gasteiger partial charge is 0.248 e. The van der Waals surface area contributed by atoms with Crippen molar-refractivity contribution in [3.8, 4) is 0 Å². The topological polar surface area (TPSA) is 82.2 Å². The van der Waals surface area contributed by atoms with E-state index < -0.39 is 21.3 Å². The summed E-state index contributed by atoms with van der Waals surface area (Å²) >= 11 is 12.1. The molecule has 2 aliphatic rings. The fourth-order valence-electron chi connectivity index (χ4n) is 4.40. The molecule has 2 atom stereocenters. The molecule has 1 N–H and O–H groups in total. The Labute approximate surface area is 213 Å². The molecule has 34 heavy (non-hydrogen) atoms. The van der Waals surface area contributed by atoms with Gasteiger partial charge in [0.2, 0.25) is 15.7 Å². The molecule has 11 heteroatoms. The molecule has 2 saturated heterocycles. The molecule has 1 aromatic carbocycles. The molecule has 2 unspecified atom stereocenters. The normalized spacial score (nSPS) is 21.1. The van der Waals surface area contributed by atoms with Crippen molar-refractivity contribution in [2.45, 2.75) is 42.1 Å². The average molecular weight is 536 g/mol. The Morgan fingerprint density at radius 3 is 2.53 bits per heavy atom. The number of sulfone groups is 1. The summed E-state index contributed by atoms with van der Waals surface area (Å²) in [6, 6.07) is 3.84. The molecule has 2 fully saturated rings. The number of nitrogens with one attached hydrogen (secondary N) is 1. The zero-order valence-corrected chi connectivity index (χ0v) is 22.3. The van der Waals surface area contributed by atoms with Gasteiger partial charge in [0.1, 0.15) is 6.61 Å². The predicted molar refractivity (Wildman–Crippen MR) is 135 cm³/mol. The number of piperazine rings is 1. The van der Waals surface area contributed by atoms with Crippen molar-refractivity contribution < 1.29 is 17.9 Å². The van der Waals surface area contributed by atoms with Crippen LogP contribution in [-0.2, 0) is 19.4 Å². The lowest BCUT2D eigenvalue weighted by atomic mass is 10.1. The number of piperidine rings is 1. The molecule has 1 amide bonds. The number of carbonyl (C=O) groups is 1. The van der Waals surface area contributed by atoms with Crippen molar-refractivity contribution in [2.75, 3.05) is 66.5 Å². The second-order valence-corrected chi connectivity index (χ2v) is 12.1. The largest absolute Gasteiger partial charge is 0.350 e. The minimum Gasteiger partial charge on any atom is -0.350 e. The zero-order chi connectivity index (χ0) is 24.7. The number of carbonyl (C=O) groups excluding carboxylic acids is 1. The summed E-state index contributed by atoms with van der Waals surface area (Å²) in [5.74, 6) is -0.182. The first-order valence-corrected chi connectivity index (χ1v) is 14.2. The summed E-state index contributed by atoms with van der Waals surface area (Å²) < 4.78 is 32.8. The van der Waals surface area contributed by atoms with Crippen molar-refractivity contribution in [1.82, 2.24) is 20.0 Å².